The molecule has 5 N–H and O–H groups in total. The van der Waals surface area contributed by atoms with E-state index in [0.717, 1.165) is 34.8 Å². The summed E-state index contributed by atoms with van der Waals surface area (Å²) in [6.45, 7) is 2.04. The minimum absolute atomic E-state index is 0. The van der Waals surface area contributed by atoms with Crippen molar-refractivity contribution >= 4 is 122 Å². The number of halogens is 4. The number of methoxy groups -OCH3 is 1. The number of rotatable bonds is 20. The third-order valence-electron chi connectivity index (χ3n) is 12.1. The van der Waals surface area contributed by atoms with Crippen LogP contribution in [0.4, 0.5) is 39.6 Å². The van der Waals surface area contributed by atoms with Crippen molar-refractivity contribution in [1.29, 1.82) is 0 Å². The average Bonchev–Trinajstić information content (AvgIpc) is 4.03. The Morgan fingerprint density at radius 2 is 1.09 bits per heavy atom. The summed E-state index contributed by atoms with van der Waals surface area (Å²) >= 11 is 12.1. The summed E-state index contributed by atoms with van der Waals surface area (Å²) in [6.07, 6.45) is 7.10. The summed E-state index contributed by atoms with van der Waals surface area (Å²) in [5.41, 5.74) is 1.12. The fourth-order valence-electron chi connectivity index (χ4n) is 7.55. The molecular formula is C55H69BCl2F2LiN8O10S2. The van der Waals surface area contributed by atoms with Gasteiger partial charge in [0.1, 0.15) is 36.5 Å². The van der Waals surface area contributed by atoms with Gasteiger partial charge in [0, 0.05) is 95.1 Å². The van der Waals surface area contributed by atoms with Crippen molar-refractivity contribution in [2.24, 2.45) is 0 Å². The van der Waals surface area contributed by atoms with E-state index < -0.39 is 48.0 Å². The number of carbonyl (C=O) groups is 5. The Morgan fingerprint density at radius 1 is 0.667 bits per heavy atom. The quantitative estimate of drug-likeness (QED) is 0.0214. The van der Waals surface area contributed by atoms with Crippen LogP contribution in [0.1, 0.15) is 63.9 Å². The van der Waals surface area contributed by atoms with Crippen molar-refractivity contribution in [3.05, 3.63) is 142 Å². The number of urea groups is 2. The number of anilines is 2. The van der Waals surface area contributed by atoms with Crippen LogP contribution in [0.3, 0.4) is 0 Å². The number of fused-ring (bicyclic) bond motifs is 2. The van der Waals surface area contributed by atoms with E-state index in [1.54, 1.807) is 38.6 Å². The fourth-order valence-corrected chi connectivity index (χ4v) is 8.01. The molecule has 81 heavy (non-hydrogen) atoms. The number of carbonyl (C=O) groups excluding carboxylic acids is 5. The van der Waals surface area contributed by atoms with Crippen LogP contribution in [-0.2, 0) is 36.8 Å². The number of esters is 1. The molecule has 1 fully saturated rings. The Morgan fingerprint density at radius 3 is 1.47 bits per heavy atom. The summed E-state index contributed by atoms with van der Waals surface area (Å²) in [5, 5.41) is 23.9. The standard InChI is InChI=1S/C26H28ClFN4O5.C25H28ClFN4O4.C4H8O.B.Li.2H2S.H/c1-32(25(34)30-15-19-10-11-20(28)13-22(19)27)21(8-5-9-24(33)36-2)16-37-26(35)31-23-12-17-6-3-4-7-18(17)14-29-23;1-31(24(33)29-15-19-9-10-20(27)13-22(19)26)21(8-4-5-11-32)16-35-25(34)30-23-12-17-6-2-3-7-18(17)14-28-23;1-2-4-5-3-1;;;;;/h3-4,6-7,10-14,21H,5,8-9,15-16H2,1-2H3,(H,30,34)(H,29,31,35);2-3,6-7,9-10,12-14,21,32H,4-5,8,11,15-16H2,1H3,(H,29,33)(H,28,30,34);1-4H2;;;2*1H2;/q;;;;+1;;;-1/t2*21-;;;;;;/m00....../s1. The number of benzene rings is 4. The van der Waals surface area contributed by atoms with Crippen LogP contribution in [-0.4, -0.2) is 130 Å². The van der Waals surface area contributed by atoms with Crippen LogP contribution in [0.2, 0.25) is 10.0 Å². The van der Waals surface area contributed by atoms with E-state index in [1.807, 2.05) is 48.5 Å². The number of hydrogen-bond acceptors (Lipinski definition) is 12. The van der Waals surface area contributed by atoms with Crippen molar-refractivity contribution in [3.63, 3.8) is 0 Å². The first-order valence-electron chi connectivity index (χ1n) is 24.9. The van der Waals surface area contributed by atoms with Crippen LogP contribution in [0.25, 0.3) is 21.5 Å². The molecule has 26 heteroatoms. The molecule has 1 saturated heterocycles. The first-order valence-corrected chi connectivity index (χ1v) is 25.6. The summed E-state index contributed by atoms with van der Waals surface area (Å²) in [6, 6.07) is 24.7. The maximum atomic E-state index is 13.3. The molecule has 433 valence electrons. The number of hydrogen-bond donors (Lipinski definition) is 5. The molecule has 3 radical (unpaired) electrons. The van der Waals surface area contributed by atoms with E-state index in [2.05, 4.69) is 36.0 Å². The molecule has 0 bridgehead atoms. The maximum Gasteiger partial charge on any atom is 1.00 e. The Bertz CT molecular complexity index is 2920. The summed E-state index contributed by atoms with van der Waals surface area (Å²) in [7, 11) is 4.45. The SMILES string of the molecule is C1CCOC1.CN(C(=O)NCc1ccc(F)cc1Cl)[C@@H](CCCCO)COC(=O)Nc1cc2ccccc2cn1.COC(=O)CCC[C@@H](COC(=O)Nc1cc2ccccc2cn1)N(C)C(=O)NCc1ccc(F)cc1Cl.S.S.[B].[H-].[Li+]. The Kier molecular flexibility index (Phi) is 35.5. The van der Waals surface area contributed by atoms with E-state index >= 15 is 0 Å². The maximum absolute atomic E-state index is 13.3. The van der Waals surface area contributed by atoms with Gasteiger partial charge in [-0.15, -0.1) is 0 Å². The van der Waals surface area contributed by atoms with E-state index in [1.165, 1.54) is 66.1 Å². The predicted molar refractivity (Wildman–Crippen MR) is 318 cm³/mol. The second kappa shape index (κ2) is 39.4. The normalized spacial score (nSPS) is 11.8. The second-order valence-electron chi connectivity index (χ2n) is 17.6. The van der Waals surface area contributed by atoms with Crippen molar-refractivity contribution < 1.29 is 77.1 Å². The molecule has 0 unspecified atom stereocenters. The fraction of sp³-hybridized carbons (Fsp3) is 0.364. The first-order chi connectivity index (χ1) is 37.1. The monoisotopic (exact) mass is 1190 g/mol. The van der Waals surface area contributed by atoms with Gasteiger partial charge in [0.2, 0.25) is 0 Å². The van der Waals surface area contributed by atoms with Crippen molar-refractivity contribution in [1.82, 2.24) is 30.4 Å². The van der Waals surface area contributed by atoms with E-state index in [0.29, 0.717) is 54.9 Å². The predicted octanol–water partition coefficient (Wildman–Crippen LogP) is 7.84. The molecule has 2 atom stereocenters. The van der Waals surface area contributed by atoms with E-state index in [-0.39, 0.29) is 111 Å². The topological polar surface area (TPSA) is 223 Å². The van der Waals surface area contributed by atoms with Crippen molar-refractivity contribution in [3.8, 4) is 0 Å². The molecule has 18 nitrogen and oxygen atoms in total. The number of aromatic nitrogens is 2. The number of unbranched alkanes of at least 4 members (excludes halogenated alkanes) is 1. The number of likely N-dealkylation sites (N-methyl/N-ethyl adjacent to an activating group) is 2. The molecule has 4 aromatic carbocycles. The molecule has 3 heterocycles. The van der Waals surface area contributed by atoms with E-state index in [9.17, 15) is 32.8 Å². The third kappa shape index (κ3) is 25.8. The summed E-state index contributed by atoms with van der Waals surface area (Å²) in [5.74, 6) is -0.628. The number of pyridine rings is 2. The minimum Gasteiger partial charge on any atom is -1.00 e. The Labute approximate surface area is 510 Å². The molecule has 0 aliphatic carbocycles. The number of aliphatic hydroxyl groups is 1. The van der Waals surface area contributed by atoms with Gasteiger partial charge in [0.25, 0.3) is 0 Å². The van der Waals surface area contributed by atoms with Gasteiger partial charge in [-0.25, -0.2) is 37.9 Å². The Hall–Kier alpha value is -6.03. The van der Waals surface area contributed by atoms with Crippen molar-refractivity contribution in [2.75, 3.05) is 64.9 Å². The molecule has 0 saturated carbocycles. The zero-order chi connectivity index (χ0) is 55.5. The zero-order valence-corrected chi connectivity index (χ0v) is 49.2. The number of nitrogens with one attached hydrogen (secondary N) is 4. The summed E-state index contributed by atoms with van der Waals surface area (Å²) in [4.78, 5) is 73.1. The molecule has 7 rings (SSSR count). The smallest absolute Gasteiger partial charge is 1.00 e. The van der Waals surface area contributed by atoms with Gasteiger partial charge >= 0.3 is 49.1 Å². The largest absolute Gasteiger partial charge is 1.00 e. The number of nitrogens with zero attached hydrogens (tertiary/aromatic N) is 4. The number of aliphatic hydroxyl groups excluding tert-OH is 1. The average molecular weight is 1190 g/mol. The molecule has 1 aliphatic rings. The molecule has 0 spiro atoms. The zero-order valence-electron chi connectivity index (χ0n) is 46.7. The van der Waals surface area contributed by atoms with Gasteiger partial charge in [-0.2, -0.15) is 27.0 Å². The minimum atomic E-state index is -0.729. The third-order valence-corrected chi connectivity index (χ3v) is 12.8. The molecule has 6 amide bonds. The van der Waals surface area contributed by atoms with Gasteiger partial charge in [0.15, 0.2) is 0 Å². The molecule has 6 aromatic rings. The van der Waals surface area contributed by atoms with Crippen LogP contribution in [0, 0.1) is 11.6 Å². The Balaban J connectivity index is 0.00000139. The first kappa shape index (κ1) is 73.0. The second-order valence-corrected chi connectivity index (χ2v) is 18.4. The van der Waals surface area contributed by atoms with Gasteiger partial charge in [-0.1, -0.05) is 83.9 Å². The van der Waals surface area contributed by atoms with E-state index in [4.69, 9.17) is 42.5 Å². The molecule has 2 aromatic heterocycles. The molecule has 1 aliphatic heterocycles. The van der Waals surface area contributed by atoms with Crippen molar-refractivity contribution in [2.45, 2.75) is 76.5 Å². The number of amides is 6. The number of ether oxygens (including phenoxy) is 4. The van der Waals surface area contributed by atoms with Gasteiger partial charge in [-0.05, 0) is 103 Å². The van der Waals surface area contributed by atoms with Gasteiger partial charge in [-0.3, -0.25) is 15.4 Å². The van der Waals surface area contributed by atoms with Crippen LogP contribution < -0.4 is 40.1 Å². The molecular weight excluding hydrogens is 1120 g/mol. The van der Waals surface area contributed by atoms with Crippen LogP contribution in [0.15, 0.2) is 109 Å². The van der Waals surface area contributed by atoms with Crippen LogP contribution in [0.5, 0.6) is 0 Å². The summed E-state index contributed by atoms with van der Waals surface area (Å²) < 4.78 is 46.9. The van der Waals surface area contributed by atoms with Crippen LogP contribution >= 0.6 is 50.2 Å². The van der Waals surface area contributed by atoms with Gasteiger partial charge in [0.05, 0.1) is 19.2 Å². The van der Waals surface area contributed by atoms with Gasteiger partial charge < -0.3 is 45.9 Å².